The highest BCUT2D eigenvalue weighted by atomic mass is 32.1. The van der Waals surface area contributed by atoms with Gasteiger partial charge in [0.1, 0.15) is 5.52 Å². The van der Waals surface area contributed by atoms with E-state index < -0.39 is 0 Å². The zero-order valence-electron chi connectivity index (χ0n) is 15.9. The molecule has 6 nitrogen and oxygen atoms in total. The van der Waals surface area contributed by atoms with Crippen LogP contribution >= 0.6 is 11.3 Å². The van der Waals surface area contributed by atoms with Crippen molar-refractivity contribution in [3.05, 3.63) is 66.4 Å². The van der Waals surface area contributed by atoms with Crippen LogP contribution in [0.3, 0.4) is 0 Å². The van der Waals surface area contributed by atoms with Crippen LogP contribution in [0.5, 0.6) is 11.6 Å². The fourth-order valence-electron chi connectivity index (χ4n) is 3.86. The van der Waals surface area contributed by atoms with E-state index in [2.05, 4.69) is 39.1 Å². The summed E-state index contributed by atoms with van der Waals surface area (Å²) in [7, 11) is 0. The minimum atomic E-state index is 0.280. The van der Waals surface area contributed by atoms with Crippen LogP contribution in [0.2, 0.25) is 0 Å². The number of nitrogens with zero attached hydrogens (tertiary/aromatic N) is 4. The summed E-state index contributed by atoms with van der Waals surface area (Å²) in [4.78, 5) is 15.9. The van der Waals surface area contributed by atoms with Crippen molar-refractivity contribution in [3.8, 4) is 11.6 Å². The monoisotopic (exact) mass is 403 g/mol. The number of hydrogen-bond donors (Lipinski definition) is 1. The van der Waals surface area contributed by atoms with Gasteiger partial charge >= 0.3 is 0 Å². The van der Waals surface area contributed by atoms with Crippen molar-refractivity contribution in [2.24, 2.45) is 0 Å². The Morgan fingerprint density at radius 2 is 1.90 bits per heavy atom. The molecule has 2 aromatic heterocycles. The second kappa shape index (κ2) is 7.67. The number of nitrogens with two attached hydrogens (primary N) is 1. The lowest BCUT2D eigenvalue weighted by Gasteiger charge is -2.36. The Hall–Kier alpha value is -3.19. The summed E-state index contributed by atoms with van der Waals surface area (Å²) < 4.78 is 7.08. The minimum Gasteiger partial charge on any atom is -0.437 e. The van der Waals surface area contributed by atoms with E-state index in [0.29, 0.717) is 22.7 Å². The van der Waals surface area contributed by atoms with Crippen molar-refractivity contribution in [2.75, 3.05) is 17.2 Å². The molecule has 1 fully saturated rings. The first-order valence-corrected chi connectivity index (χ1v) is 10.6. The predicted molar refractivity (Wildman–Crippen MR) is 117 cm³/mol. The summed E-state index contributed by atoms with van der Waals surface area (Å²) in [6.07, 6.45) is 5.19. The van der Waals surface area contributed by atoms with Crippen LogP contribution in [0.25, 0.3) is 10.2 Å². The molecule has 0 spiro atoms. The molecule has 4 aromatic rings. The van der Waals surface area contributed by atoms with Gasteiger partial charge in [-0.15, -0.1) is 0 Å². The molecule has 1 saturated heterocycles. The maximum Gasteiger partial charge on any atom is 0.229 e. The summed E-state index contributed by atoms with van der Waals surface area (Å²) in [6.45, 7) is 0.932. The second-order valence-electron chi connectivity index (χ2n) is 7.07. The molecule has 1 aliphatic heterocycles. The SMILES string of the molecule is Nc1nc2c(Oc3ccnc(N4CCCCC4c4ccccc4)n3)cccc2s1. The first-order valence-electron chi connectivity index (χ1n) is 9.75. The Labute approximate surface area is 173 Å². The maximum absolute atomic E-state index is 6.09. The van der Waals surface area contributed by atoms with Crippen molar-refractivity contribution in [1.29, 1.82) is 0 Å². The van der Waals surface area contributed by atoms with E-state index in [0.717, 1.165) is 29.6 Å². The maximum atomic E-state index is 6.09. The number of rotatable bonds is 4. The molecule has 0 bridgehead atoms. The molecule has 7 heteroatoms. The largest absolute Gasteiger partial charge is 0.437 e. The smallest absolute Gasteiger partial charge is 0.229 e. The van der Waals surface area contributed by atoms with E-state index in [1.807, 2.05) is 24.3 Å². The molecule has 0 aliphatic carbocycles. The van der Waals surface area contributed by atoms with Crippen molar-refractivity contribution >= 4 is 32.6 Å². The van der Waals surface area contributed by atoms with Gasteiger partial charge in [0.2, 0.25) is 11.8 Å². The number of para-hydroxylation sites is 1. The standard InChI is InChI=1S/C22H21N5OS/c23-21-26-20-17(10-6-11-18(20)29-21)28-19-12-13-24-22(25-19)27-14-5-4-9-16(27)15-7-2-1-3-8-15/h1-3,6-8,10-13,16H,4-5,9,14H2,(H2,23,26). The normalized spacial score (nSPS) is 16.8. The van der Waals surface area contributed by atoms with Crippen LogP contribution in [0.15, 0.2) is 60.8 Å². The van der Waals surface area contributed by atoms with E-state index in [-0.39, 0.29) is 6.04 Å². The van der Waals surface area contributed by atoms with Crippen molar-refractivity contribution in [1.82, 2.24) is 15.0 Å². The third-order valence-electron chi connectivity index (χ3n) is 5.17. The minimum absolute atomic E-state index is 0.280. The van der Waals surface area contributed by atoms with E-state index in [4.69, 9.17) is 15.5 Å². The van der Waals surface area contributed by atoms with Crippen LogP contribution < -0.4 is 15.4 Å². The molecule has 0 radical (unpaired) electrons. The predicted octanol–water partition coefficient (Wildman–Crippen LogP) is 5.19. The number of aromatic nitrogens is 3. The molecular formula is C22H21N5OS. The molecule has 2 aromatic carbocycles. The first-order chi connectivity index (χ1) is 14.3. The molecule has 1 aliphatic rings. The summed E-state index contributed by atoms with van der Waals surface area (Å²) in [5.74, 6) is 1.85. The van der Waals surface area contributed by atoms with Crippen LogP contribution in [-0.4, -0.2) is 21.5 Å². The fraction of sp³-hybridized carbons (Fsp3) is 0.227. The van der Waals surface area contributed by atoms with Crippen LogP contribution in [0.1, 0.15) is 30.9 Å². The van der Waals surface area contributed by atoms with Gasteiger partial charge < -0.3 is 15.4 Å². The van der Waals surface area contributed by atoms with Gasteiger partial charge in [-0.2, -0.15) is 4.98 Å². The third kappa shape index (κ3) is 3.61. The Balaban J connectivity index is 1.46. The lowest BCUT2D eigenvalue weighted by Crippen LogP contribution is -2.34. The fourth-order valence-corrected chi connectivity index (χ4v) is 4.61. The second-order valence-corrected chi connectivity index (χ2v) is 8.13. The zero-order valence-corrected chi connectivity index (χ0v) is 16.7. The molecule has 3 heterocycles. The Morgan fingerprint density at radius 1 is 1.00 bits per heavy atom. The van der Waals surface area contributed by atoms with Crippen molar-refractivity contribution in [3.63, 3.8) is 0 Å². The number of ether oxygens (including phenoxy) is 1. The van der Waals surface area contributed by atoms with Crippen molar-refractivity contribution < 1.29 is 4.74 Å². The highest BCUT2D eigenvalue weighted by Gasteiger charge is 2.26. The number of nitrogen functional groups attached to an aromatic ring is 1. The lowest BCUT2D eigenvalue weighted by atomic mass is 9.96. The number of benzene rings is 2. The molecule has 2 N–H and O–H groups in total. The van der Waals surface area contributed by atoms with Gasteiger partial charge in [-0.3, -0.25) is 0 Å². The summed E-state index contributed by atoms with van der Waals surface area (Å²) in [5.41, 5.74) is 7.92. The average molecular weight is 404 g/mol. The van der Waals surface area contributed by atoms with E-state index in [1.165, 1.54) is 23.3 Å². The quantitative estimate of drug-likeness (QED) is 0.505. The molecule has 0 amide bonds. The highest BCUT2D eigenvalue weighted by Crippen LogP contribution is 2.36. The average Bonchev–Trinajstić information content (AvgIpc) is 3.16. The van der Waals surface area contributed by atoms with E-state index >= 15 is 0 Å². The molecule has 1 atom stereocenters. The van der Waals surface area contributed by atoms with Gasteiger partial charge in [-0.25, -0.2) is 9.97 Å². The van der Waals surface area contributed by atoms with Gasteiger partial charge in [0.15, 0.2) is 10.9 Å². The van der Waals surface area contributed by atoms with Gasteiger partial charge in [0.05, 0.1) is 10.7 Å². The van der Waals surface area contributed by atoms with E-state index in [1.54, 1.807) is 12.3 Å². The molecule has 5 rings (SSSR count). The molecular weight excluding hydrogens is 382 g/mol. The number of fused-ring (bicyclic) bond motifs is 1. The first kappa shape index (κ1) is 17.9. The van der Waals surface area contributed by atoms with Gasteiger partial charge in [-0.1, -0.05) is 47.7 Å². The Kier molecular flexibility index (Phi) is 4.73. The number of thiazole rings is 1. The molecule has 0 saturated carbocycles. The van der Waals surface area contributed by atoms with Crippen molar-refractivity contribution in [2.45, 2.75) is 25.3 Å². The van der Waals surface area contributed by atoms with Gasteiger partial charge in [0.25, 0.3) is 0 Å². The number of hydrogen-bond acceptors (Lipinski definition) is 7. The number of anilines is 2. The summed E-state index contributed by atoms with van der Waals surface area (Å²) >= 11 is 1.45. The van der Waals surface area contributed by atoms with Crippen LogP contribution in [0, 0.1) is 0 Å². The molecule has 29 heavy (non-hydrogen) atoms. The highest BCUT2D eigenvalue weighted by molar-refractivity contribution is 7.22. The number of piperidine rings is 1. The third-order valence-corrected chi connectivity index (χ3v) is 6.02. The zero-order chi connectivity index (χ0) is 19.6. The topological polar surface area (TPSA) is 77.2 Å². The summed E-state index contributed by atoms with van der Waals surface area (Å²) in [5, 5.41) is 0.526. The summed E-state index contributed by atoms with van der Waals surface area (Å²) in [6, 6.07) is 18.4. The van der Waals surface area contributed by atoms with E-state index in [9.17, 15) is 0 Å². The molecule has 1 unspecified atom stereocenters. The van der Waals surface area contributed by atoms with Gasteiger partial charge in [-0.05, 0) is 37.0 Å². The van der Waals surface area contributed by atoms with Gasteiger partial charge in [0, 0.05) is 18.8 Å². The Bertz CT molecular complexity index is 1130. The Morgan fingerprint density at radius 3 is 2.79 bits per heavy atom. The molecule has 146 valence electrons. The van der Waals surface area contributed by atoms with Crippen LogP contribution in [-0.2, 0) is 0 Å². The lowest BCUT2D eigenvalue weighted by molar-refractivity contribution is 0.447. The van der Waals surface area contributed by atoms with Crippen LogP contribution in [0.4, 0.5) is 11.1 Å².